The Labute approximate surface area is 233 Å². The number of nitrogens with one attached hydrogen (secondary N) is 3. The van der Waals surface area contributed by atoms with Gasteiger partial charge in [0.25, 0.3) is 0 Å². The van der Waals surface area contributed by atoms with Crippen LogP contribution in [0.1, 0.15) is 25.7 Å². The van der Waals surface area contributed by atoms with Crippen LogP contribution in [0.15, 0.2) is 60.0 Å². The molecule has 0 bridgehead atoms. The Morgan fingerprint density at radius 2 is 1.95 bits per heavy atom. The summed E-state index contributed by atoms with van der Waals surface area (Å²) in [6.07, 6.45) is 2.19. The normalized spacial score (nSPS) is 16.2. The summed E-state index contributed by atoms with van der Waals surface area (Å²) in [5, 5.41) is 21.0. The van der Waals surface area contributed by atoms with Crippen molar-refractivity contribution >= 4 is 44.5 Å². The molecule has 1 saturated heterocycles. The smallest absolute Gasteiger partial charge is 0.305 e. The summed E-state index contributed by atoms with van der Waals surface area (Å²) in [6, 6.07) is 10.3. The lowest BCUT2D eigenvalue weighted by Crippen LogP contribution is -2.51. The molecule has 0 radical (unpaired) electrons. The number of hydrogen-bond donors (Lipinski definition) is 5. The van der Waals surface area contributed by atoms with Gasteiger partial charge in [-0.2, -0.15) is 4.72 Å². The summed E-state index contributed by atoms with van der Waals surface area (Å²) < 4.78 is 29.1. The zero-order chi connectivity index (χ0) is 29.3. The Hall–Kier alpha value is -3.97. The third kappa shape index (κ3) is 8.52. The maximum absolute atomic E-state index is 13.5. The average Bonchev–Trinajstić information content (AvgIpc) is 2.93. The molecule has 2 atom stereocenters. The molecular weight excluding hydrogens is 536 g/mol. The number of amides is 2. The van der Waals surface area contributed by atoms with Gasteiger partial charge in [0.1, 0.15) is 6.04 Å². The first kappa shape index (κ1) is 30.6. The van der Waals surface area contributed by atoms with Crippen molar-refractivity contribution in [1.82, 2.24) is 19.8 Å². The zero-order valence-electron chi connectivity index (χ0n) is 22.2. The fourth-order valence-corrected chi connectivity index (χ4v) is 5.86. The monoisotopic (exact) mass is 572 g/mol. The average molecular weight is 573 g/mol. The van der Waals surface area contributed by atoms with Gasteiger partial charge in [0, 0.05) is 32.7 Å². The first-order valence-electron chi connectivity index (χ1n) is 13.0. The molecule has 0 saturated carbocycles. The number of likely N-dealkylation sites (tertiary alicyclic amines) is 1. The van der Waals surface area contributed by atoms with Crippen LogP contribution in [0.2, 0.25) is 0 Å². The van der Waals surface area contributed by atoms with Gasteiger partial charge in [-0.25, -0.2) is 8.42 Å². The van der Waals surface area contributed by atoms with Crippen LogP contribution in [0.4, 0.5) is 0 Å². The van der Waals surface area contributed by atoms with Gasteiger partial charge >= 0.3 is 5.97 Å². The fraction of sp³-hybridized carbons (Fsp3) is 0.407. The number of guanidine groups is 1. The molecule has 1 aliphatic heterocycles. The molecule has 0 aromatic heterocycles. The number of benzene rings is 2. The van der Waals surface area contributed by atoms with Gasteiger partial charge in [0.15, 0.2) is 5.96 Å². The van der Waals surface area contributed by atoms with Crippen LogP contribution in [0, 0.1) is 11.3 Å². The number of carboxylic acid groups (broad SMARTS) is 1. The summed E-state index contributed by atoms with van der Waals surface area (Å²) in [5.41, 5.74) is 5.59. The number of carbonyl (C=O) groups excluding carboxylic acids is 2. The van der Waals surface area contributed by atoms with E-state index in [9.17, 15) is 22.8 Å². The zero-order valence-corrected chi connectivity index (χ0v) is 23.0. The van der Waals surface area contributed by atoms with Crippen molar-refractivity contribution < 1.29 is 27.9 Å². The molecule has 6 N–H and O–H groups in total. The second-order valence-corrected chi connectivity index (χ2v) is 11.5. The molecule has 1 fully saturated rings. The molecule has 0 unspecified atom stereocenters. The molecule has 2 amide bonds. The Kier molecular flexibility index (Phi) is 10.6. The lowest BCUT2D eigenvalue weighted by molar-refractivity contribution is -0.139. The molecule has 40 heavy (non-hydrogen) atoms. The van der Waals surface area contributed by atoms with Crippen LogP contribution in [0.25, 0.3) is 10.8 Å². The minimum absolute atomic E-state index is 0.0229. The number of nitrogens with two attached hydrogens (primary N) is 1. The van der Waals surface area contributed by atoms with Gasteiger partial charge in [-0.05, 0) is 41.7 Å². The molecule has 2 aromatic rings. The quantitative estimate of drug-likeness (QED) is 0.134. The lowest BCUT2D eigenvalue weighted by atomic mass is 9.98. The first-order chi connectivity index (χ1) is 19.0. The van der Waals surface area contributed by atoms with E-state index < -0.39 is 40.3 Å². The number of carboxylic acids is 1. The topological polar surface area (TPSA) is 186 Å². The van der Waals surface area contributed by atoms with Crippen LogP contribution in [0.5, 0.6) is 0 Å². The second-order valence-electron chi connectivity index (χ2n) is 9.75. The van der Waals surface area contributed by atoms with Crippen molar-refractivity contribution in [1.29, 1.82) is 5.41 Å². The van der Waals surface area contributed by atoms with Crippen molar-refractivity contribution in [3.8, 4) is 0 Å². The third-order valence-electron chi connectivity index (χ3n) is 6.72. The van der Waals surface area contributed by atoms with Crippen LogP contribution < -0.4 is 15.8 Å². The number of aliphatic carboxylic acids is 1. The number of nitrogens with zero attached hydrogens (tertiary/aromatic N) is 2. The van der Waals surface area contributed by atoms with Crippen LogP contribution in [0.3, 0.4) is 0 Å². The van der Waals surface area contributed by atoms with E-state index >= 15 is 0 Å². The van der Waals surface area contributed by atoms with E-state index in [2.05, 4.69) is 16.6 Å². The van der Waals surface area contributed by atoms with Crippen LogP contribution in [-0.4, -0.2) is 85.8 Å². The minimum Gasteiger partial charge on any atom is -0.481 e. The van der Waals surface area contributed by atoms with Crippen LogP contribution in [-0.2, 0) is 24.4 Å². The fourth-order valence-electron chi connectivity index (χ4n) is 4.63. The van der Waals surface area contributed by atoms with E-state index in [0.29, 0.717) is 18.5 Å². The molecule has 1 aliphatic rings. The number of rotatable bonds is 13. The van der Waals surface area contributed by atoms with E-state index in [0.717, 1.165) is 23.1 Å². The minimum atomic E-state index is -4.24. The van der Waals surface area contributed by atoms with E-state index in [-0.39, 0.29) is 42.8 Å². The highest BCUT2D eigenvalue weighted by atomic mass is 32.2. The Balaban J connectivity index is 1.79. The maximum atomic E-state index is 13.5. The molecular formula is C27H36N6O6S. The molecule has 2 aromatic carbocycles. The highest BCUT2D eigenvalue weighted by Gasteiger charge is 2.32. The highest BCUT2D eigenvalue weighted by molar-refractivity contribution is 7.89. The summed E-state index contributed by atoms with van der Waals surface area (Å²) in [7, 11) is -4.24. The van der Waals surface area contributed by atoms with Gasteiger partial charge in [-0.15, -0.1) is 6.58 Å². The van der Waals surface area contributed by atoms with Crippen molar-refractivity contribution in [2.45, 2.75) is 36.6 Å². The van der Waals surface area contributed by atoms with Gasteiger partial charge in [0.2, 0.25) is 21.8 Å². The number of carbonyl (C=O) groups is 3. The number of sulfonamides is 1. The molecule has 1 heterocycles. The number of fused-ring (bicyclic) bond motifs is 1. The summed E-state index contributed by atoms with van der Waals surface area (Å²) in [6.45, 7) is 4.84. The summed E-state index contributed by atoms with van der Waals surface area (Å²) >= 11 is 0. The summed E-state index contributed by atoms with van der Waals surface area (Å²) in [4.78, 5) is 40.4. The molecule has 216 valence electrons. The van der Waals surface area contributed by atoms with Crippen LogP contribution >= 0.6 is 0 Å². The SMILES string of the molecule is C=CCN(CCC(=O)O)C(=O)[C@H](CC(=O)NC[C@@H]1CCCN(C(=N)N)C1)NS(=O)(=O)c1ccc2ccccc2c1. The largest absolute Gasteiger partial charge is 0.481 e. The van der Waals surface area contributed by atoms with E-state index in [4.69, 9.17) is 16.2 Å². The van der Waals surface area contributed by atoms with Gasteiger partial charge in [-0.1, -0.05) is 36.4 Å². The second kappa shape index (κ2) is 13.9. The van der Waals surface area contributed by atoms with E-state index in [1.807, 2.05) is 12.1 Å². The highest BCUT2D eigenvalue weighted by Crippen LogP contribution is 2.20. The molecule has 0 spiro atoms. The molecule has 13 heteroatoms. The first-order valence-corrected chi connectivity index (χ1v) is 14.5. The number of hydrogen-bond acceptors (Lipinski definition) is 6. The van der Waals surface area contributed by atoms with Gasteiger partial charge < -0.3 is 26.0 Å². The Morgan fingerprint density at radius 1 is 1.23 bits per heavy atom. The Bertz CT molecular complexity index is 1360. The standard InChI is InChI=1S/C27H36N6O6S/c1-2-12-32(14-11-25(35)36)26(37)23(16-24(34)30-17-19-6-5-13-33(18-19)27(28)29)31-40(38,39)22-10-9-20-7-3-4-8-21(20)15-22/h2-4,7-10,15,19,23,31H,1,5-6,11-14,16-18H2,(H3,28,29)(H,30,34)(H,35,36)/t19-,23-/m0/s1. The van der Waals surface area contributed by atoms with Crippen molar-refractivity contribution in [2.75, 3.05) is 32.7 Å². The molecule has 0 aliphatic carbocycles. The third-order valence-corrected chi connectivity index (χ3v) is 8.19. The number of piperidine rings is 1. The van der Waals surface area contributed by atoms with Crippen molar-refractivity contribution in [3.05, 3.63) is 55.1 Å². The van der Waals surface area contributed by atoms with Crippen molar-refractivity contribution in [2.24, 2.45) is 11.7 Å². The van der Waals surface area contributed by atoms with E-state index in [1.165, 1.54) is 18.2 Å². The Morgan fingerprint density at radius 3 is 2.62 bits per heavy atom. The maximum Gasteiger partial charge on any atom is 0.305 e. The molecule has 12 nitrogen and oxygen atoms in total. The van der Waals surface area contributed by atoms with Gasteiger partial charge in [0.05, 0.1) is 17.7 Å². The van der Waals surface area contributed by atoms with E-state index in [1.54, 1.807) is 23.1 Å². The predicted molar refractivity (Wildman–Crippen MR) is 151 cm³/mol. The summed E-state index contributed by atoms with van der Waals surface area (Å²) in [5.74, 6) is -2.40. The van der Waals surface area contributed by atoms with Crippen molar-refractivity contribution in [3.63, 3.8) is 0 Å². The molecule has 3 rings (SSSR count). The van der Waals surface area contributed by atoms with Gasteiger partial charge in [-0.3, -0.25) is 19.8 Å². The lowest BCUT2D eigenvalue weighted by Gasteiger charge is -2.33. The predicted octanol–water partition coefficient (Wildman–Crippen LogP) is 1.09.